The second-order valence-electron chi connectivity index (χ2n) is 6.38. The highest BCUT2D eigenvalue weighted by Gasteiger charge is 2.32. The lowest BCUT2D eigenvalue weighted by atomic mass is 10.2. The van der Waals surface area contributed by atoms with Gasteiger partial charge in [0.15, 0.2) is 0 Å². The van der Waals surface area contributed by atoms with Crippen molar-refractivity contribution in [3.05, 3.63) is 24.0 Å². The Kier molecular flexibility index (Phi) is 7.07. The molecule has 1 aliphatic heterocycles. The number of alkyl halides is 3. The zero-order valence-electron chi connectivity index (χ0n) is 15.4. The fraction of sp³-hybridized carbons (Fsp3) is 0.647. The Morgan fingerprint density at radius 3 is 2.12 bits per heavy atom. The molecule has 25 heavy (non-hydrogen) atoms. The van der Waals surface area contributed by atoms with Gasteiger partial charge in [0.2, 0.25) is 0 Å². The van der Waals surface area contributed by atoms with E-state index in [0.29, 0.717) is 31.9 Å². The molecule has 8 heteroatoms. The van der Waals surface area contributed by atoms with Crippen LogP contribution in [0.4, 0.5) is 23.7 Å². The number of hydrogen-bond acceptors (Lipinski definition) is 4. The van der Waals surface area contributed by atoms with Crippen molar-refractivity contribution in [2.45, 2.75) is 46.4 Å². The molecule has 1 fully saturated rings. The summed E-state index contributed by atoms with van der Waals surface area (Å²) in [6.07, 6.45) is -2.61. The molecule has 2 rings (SSSR count). The average Bonchev–Trinajstić information content (AvgIpc) is 2.55. The number of ether oxygens (including phenoxy) is 1. The van der Waals surface area contributed by atoms with E-state index in [0.717, 1.165) is 12.3 Å². The van der Waals surface area contributed by atoms with Crippen molar-refractivity contribution in [3.8, 4) is 0 Å². The normalized spacial score (nSPS) is 15.4. The van der Waals surface area contributed by atoms with Crippen LogP contribution >= 0.6 is 0 Å². The van der Waals surface area contributed by atoms with Crippen molar-refractivity contribution < 1.29 is 22.7 Å². The Labute approximate surface area is 146 Å². The molecule has 1 aromatic rings. The Morgan fingerprint density at radius 2 is 1.64 bits per heavy atom. The fourth-order valence-corrected chi connectivity index (χ4v) is 2.23. The number of amides is 1. The first-order valence-corrected chi connectivity index (χ1v) is 8.31. The van der Waals surface area contributed by atoms with Gasteiger partial charge in [-0.15, -0.1) is 0 Å². The van der Waals surface area contributed by atoms with E-state index in [1.165, 1.54) is 6.20 Å². The summed E-state index contributed by atoms with van der Waals surface area (Å²) in [7, 11) is 0. The summed E-state index contributed by atoms with van der Waals surface area (Å²) in [5.74, 6) is 0. The van der Waals surface area contributed by atoms with Crippen molar-refractivity contribution in [2.75, 3.05) is 31.1 Å². The first kappa shape index (κ1) is 21.1. The topological polar surface area (TPSA) is 45.7 Å². The molecule has 1 saturated heterocycles. The summed E-state index contributed by atoms with van der Waals surface area (Å²) in [5.41, 5.74) is -0.938. The summed E-state index contributed by atoms with van der Waals surface area (Å²) < 4.78 is 43.5. The maximum atomic E-state index is 12.7. The summed E-state index contributed by atoms with van der Waals surface area (Å²) in [4.78, 5) is 19.0. The van der Waals surface area contributed by atoms with E-state index in [9.17, 15) is 18.0 Å². The maximum absolute atomic E-state index is 12.7. The van der Waals surface area contributed by atoms with Gasteiger partial charge in [0.1, 0.15) is 5.60 Å². The van der Waals surface area contributed by atoms with E-state index in [1.54, 1.807) is 30.6 Å². The monoisotopic (exact) mass is 361 g/mol. The second kappa shape index (κ2) is 8.40. The SMILES string of the molecule is CC.CC(C)(C)OC(=O)N1CCN(c2cncc(C(F)(F)F)c2)CC1. The molecule has 1 aromatic heterocycles. The highest BCUT2D eigenvalue weighted by atomic mass is 19.4. The van der Waals surface area contributed by atoms with Gasteiger partial charge in [0.05, 0.1) is 17.4 Å². The van der Waals surface area contributed by atoms with Gasteiger partial charge in [-0.3, -0.25) is 4.98 Å². The molecule has 0 spiro atoms. The summed E-state index contributed by atoms with van der Waals surface area (Å²) in [5, 5.41) is 0. The molecule has 0 unspecified atom stereocenters. The molecule has 0 saturated carbocycles. The van der Waals surface area contributed by atoms with Crippen molar-refractivity contribution in [3.63, 3.8) is 0 Å². The minimum Gasteiger partial charge on any atom is -0.444 e. The molecule has 0 radical (unpaired) electrons. The first-order chi connectivity index (χ1) is 11.6. The van der Waals surface area contributed by atoms with E-state index < -0.39 is 23.4 Å². The van der Waals surface area contributed by atoms with Crippen LogP contribution in [0, 0.1) is 0 Å². The summed E-state index contributed by atoms with van der Waals surface area (Å²) in [6.45, 7) is 11.0. The number of anilines is 1. The lowest BCUT2D eigenvalue weighted by Gasteiger charge is -2.36. The third-order valence-corrected chi connectivity index (χ3v) is 3.35. The van der Waals surface area contributed by atoms with Crippen LogP contribution in [0.5, 0.6) is 0 Å². The van der Waals surface area contributed by atoms with E-state index in [-0.39, 0.29) is 0 Å². The van der Waals surface area contributed by atoms with E-state index in [1.807, 2.05) is 13.8 Å². The van der Waals surface area contributed by atoms with Crippen LogP contribution in [0.3, 0.4) is 0 Å². The molecule has 0 N–H and O–H groups in total. The van der Waals surface area contributed by atoms with Crippen LogP contribution in [0.25, 0.3) is 0 Å². The van der Waals surface area contributed by atoms with Gasteiger partial charge in [-0.25, -0.2) is 4.79 Å². The van der Waals surface area contributed by atoms with E-state index >= 15 is 0 Å². The van der Waals surface area contributed by atoms with Crippen LogP contribution in [0.15, 0.2) is 18.5 Å². The number of pyridine rings is 1. The lowest BCUT2D eigenvalue weighted by molar-refractivity contribution is -0.137. The van der Waals surface area contributed by atoms with E-state index in [2.05, 4.69) is 4.98 Å². The van der Waals surface area contributed by atoms with Crippen LogP contribution in [0.1, 0.15) is 40.2 Å². The highest BCUT2D eigenvalue weighted by molar-refractivity contribution is 5.68. The van der Waals surface area contributed by atoms with Crippen LogP contribution in [-0.4, -0.2) is 47.8 Å². The van der Waals surface area contributed by atoms with Crippen molar-refractivity contribution >= 4 is 11.8 Å². The Balaban J connectivity index is 0.00000151. The minimum atomic E-state index is -4.42. The predicted octanol–water partition coefficient (Wildman–Crippen LogP) is 4.18. The maximum Gasteiger partial charge on any atom is 0.417 e. The molecule has 5 nitrogen and oxygen atoms in total. The van der Waals surface area contributed by atoms with Gasteiger partial charge in [-0.1, -0.05) is 13.8 Å². The molecule has 2 heterocycles. The van der Waals surface area contributed by atoms with Crippen LogP contribution < -0.4 is 4.90 Å². The molecular weight excluding hydrogens is 335 g/mol. The zero-order valence-corrected chi connectivity index (χ0v) is 15.4. The van der Waals surface area contributed by atoms with Gasteiger partial charge in [-0.05, 0) is 26.8 Å². The summed E-state index contributed by atoms with van der Waals surface area (Å²) in [6, 6.07) is 1.08. The van der Waals surface area contributed by atoms with Gasteiger partial charge in [0, 0.05) is 32.4 Å². The number of nitrogens with zero attached hydrogens (tertiary/aromatic N) is 3. The number of aromatic nitrogens is 1. The van der Waals surface area contributed by atoms with Crippen LogP contribution in [0.2, 0.25) is 0 Å². The van der Waals surface area contributed by atoms with Crippen LogP contribution in [-0.2, 0) is 10.9 Å². The van der Waals surface area contributed by atoms with Gasteiger partial charge < -0.3 is 14.5 Å². The molecule has 142 valence electrons. The smallest absolute Gasteiger partial charge is 0.417 e. The van der Waals surface area contributed by atoms with Crippen molar-refractivity contribution in [1.82, 2.24) is 9.88 Å². The molecule has 0 aliphatic carbocycles. The molecule has 0 atom stereocenters. The minimum absolute atomic E-state index is 0.394. The molecular formula is C17H26F3N3O2. The number of rotatable bonds is 1. The number of hydrogen-bond donors (Lipinski definition) is 0. The second-order valence-corrected chi connectivity index (χ2v) is 6.38. The number of carbonyl (C=O) groups excluding carboxylic acids is 1. The number of piperazine rings is 1. The standard InChI is InChI=1S/C15H20F3N3O2.C2H6/c1-14(2,3)23-13(22)21-6-4-20(5-7-21)12-8-11(9-19-10-12)15(16,17)18;1-2/h8-10H,4-7H2,1-3H3;1-2H3. The third-order valence-electron chi connectivity index (χ3n) is 3.35. The van der Waals surface area contributed by atoms with Crippen molar-refractivity contribution in [2.24, 2.45) is 0 Å². The average molecular weight is 361 g/mol. The first-order valence-electron chi connectivity index (χ1n) is 8.31. The predicted molar refractivity (Wildman–Crippen MR) is 90.6 cm³/mol. The molecule has 0 bridgehead atoms. The summed E-state index contributed by atoms with van der Waals surface area (Å²) >= 11 is 0. The number of carbonyl (C=O) groups is 1. The molecule has 0 aromatic carbocycles. The zero-order chi connectivity index (χ0) is 19.3. The lowest BCUT2D eigenvalue weighted by Crippen LogP contribution is -2.50. The number of halogens is 3. The third kappa shape index (κ3) is 6.43. The largest absolute Gasteiger partial charge is 0.444 e. The van der Waals surface area contributed by atoms with Crippen molar-refractivity contribution in [1.29, 1.82) is 0 Å². The quantitative estimate of drug-likeness (QED) is 0.753. The highest BCUT2D eigenvalue weighted by Crippen LogP contribution is 2.31. The molecule has 1 amide bonds. The Hall–Kier alpha value is -1.99. The van der Waals surface area contributed by atoms with Gasteiger partial charge in [0.25, 0.3) is 0 Å². The Morgan fingerprint density at radius 1 is 1.08 bits per heavy atom. The molecule has 1 aliphatic rings. The van der Waals surface area contributed by atoms with Gasteiger partial charge in [-0.2, -0.15) is 13.2 Å². The van der Waals surface area contributed by atoms with E-state index in [4.69, 9.17) is 4.74 Å². The fourth-order valence-electron chi connectivity index (χ4n) is 2.23. The Bertz CT molecular complexity index is 563. The van der Waals surface area contributed by atoms with Gasteiger partial charge >= 0.3 is 12.3 Å².